The number of fused-ring (bicyclic) bond motifs is 1. The van der Waals surface area contributed by atoms with E-state index in [1.165, 1.54) is 17.5 Å². The first-order valence-corrected chi connectivity index (χ1v) is 7.32. The fourth-order valence-corrected chi connectivity index (χ4v) is 3.31. The molecule has 1 aliphatic heterocycles. The summed E-state index contributed by atoms with van der Waals surface area (Å²) in [7, 11) is 0. The largest absolute Gasteiger partial charge is 0.353 e. The minimum Gasteiger partial charge on any atom is -0.353 e. The quantitative estimate of drug-likeness (QED) is 0.863. The Morgan fingerprint density at radius 3 is 2.58 bits per heavy atom. The average molecular weight is 258 g/mol. The molecule has 0 bridgehead atoms. The van der Waals surface area contributed by atoms with Crippen molar-refractivity contribution < 1.29 is 4.79 Å². The Labute approximate surface area is 114 Å². The number of hydrogen-bond donors (Lipinski definition) is 2. The molecule has 1 aliphatic carbocycles. The van der Waals surface area contributed by atoms with Gasteiger partial charge >= 0.3 is 0 Å². The molecule has 0 aromatic heterocycles. The molecule has 3 rings (SSSR count). The predicted molar refractivity (Wildman–Crippen MR) is 75.9 cm³/mol. The maximum absolute atomic E-state index is 12.3. The van der Waals surface area contributed by atoms with Gasteiger partial charge in [0, 0.05) is 12.0 Å². The van der Waals surface area contributed by atoms with Crippen molar-refractivity contribution in [3.63, 3.8) is 0 Å². The number of carbonyl (C=O) groups is 1. The van der Waals surface area contributed by atoms with Gasteiger partial charge < -0.3 is 10.6 Å². The molecule has 19 heavy (non-hydrogen) atoms. The van der Waals surface area contributed by atoms with Crippen LogP contribution in [0.5, 0.6) is 0 Å². The van der Waals surface area contributed by atoms with E-state index in [9.17, 15) is 4.79 Å². The van der Waals surface area contributed by atoms with Crippen LogP contribution in [-0.2, 0) is 17.6 Å². The van der Waals surface area contributed by atoms with Gasteiger partial charge in [-0.25, -0.2) is 0 Å². The number of amides is 1. The van der Waals surface area contributed by atoms with Gasteiger partial charge in [-0.05, 0) is 56.3 Å². The van der Waals surface area contributed by atoms with Crippen LogP contribution in [0, 0.1) is 11.8 Å². The summed E-state index contributed by atoms with van der Waals surface area (Å²) in [5.74, 6) is 0.956. The summed E-state index contributed by atoms with van der Waals surface area (Å²) in [5.41, 5.74) is 2.69. The van der Waals surface area contributed by atoms with E-state index in [4.69, 9.17) is 0 Å². The Balaban J connectivity index is 1.57. The van der Waals surface area contributed by atoms with Crippen LogP contribution in [0.3, 0.4) is 0 Å². The smallest absolute Gasteiger partial charge is 0.223 e. The maximum Gasteiger partial charge on any atom is 0.223 e. The molecule has 1 aromatic rings. The van der Waals surface area contributed by atoms with E-state index in [2.05, 4.69) is 41.8 Å². The van der Waals surface area contributed by atoms with Crippen LogP contribution < -0.4 is 10.6 Å². The lowest BCUT2D eigenvalue weighted by atomic mass is 9.98. The first-order chi connectivity index (χ1) is 9.24. The molecule has 3 nitrogen and oxygen atoms in total. The third-order valence-corrected chi connectivity index (χ3v) is 4.60. The van der Waals surface area contributed by atoms with Crippen LogP contribution in [-0.4, -0.2) is 25.0 Å². The van der Waals surface area contributed by atoms with Crippen molar-refractivity contribution in [1.82, 2.24) is 10.6 Å². The second-order valence-corrected chi connectivity index (χ2v) is 5.92. The highest BCUT2D eigenvalue weighted by atomic mass is 16.1. The molecule has 102 valence electrons. The molecule has 0 spiro atoms. The van der Waals surface area contributed by atoms with E-state index in [0.717, 1.165) is 25.9 Å². The Hall–Kier alpha value is -1.35. The highest BCUT2D eigenvalue weighted by Gasteiger charge is 2.29. The van der Waals surface area contributed by atoms with Crippen LogP contribution in [0.4, 0.5) is 0 Å². The van der Waals surface area contributed by atoms with Crippen LogP contribution >= 0.6 is 0 Å². The molecular weight excluding hydrogens is 236 g/mol. The number of benzene rings is 1. The van der Waals surface area contributed by atoms with Gasteiger partial charge in [-0.3, -0.25) is 4.79 Å². The Morgan fingerprint density at radius 2 is 2.00 bits per heavy atom. The van der Waals surface area contributed by atoms with Crippen LogP contribution in [0.25, 0.3) is 0 Å². The first-order valence-electron chi connectivity index (χ1n) is 7.32. The molecule has 2 unspecified atom stereocenters. The highest BCUT2D eigenvalue weighted by molar-refractivity contribution is 5.80. The Morgan fingerprint density at radius 1 is 1.32 bits per heavy atom. The molecule has 0 saturated carbocycles. The summed E-state index contributed by atoms with van der Waals surface area (Å²) >= 11 is 0. The second kappa shape index (κ2) is 5.33. The molecule has 2 aliphatic rings. The van der Waals surface area contributed by atoms with Gasteiger partial charge in [-0.2, -0.15) is 0 Å². The Bertz CT molecular complexity index is 441. The van der Waals surface area contributed by atoms with Crippen molar-refractivity contribution in [3.8, 4) is 0 Å². The zero-order chi connectivity index (χ0) is 13.2. The maximum atomic E-state index is 12.3. The van der Waals surface area contributed by atoms with Crippen molar-refractivity contribution in [3.05, 3.63) is 35.4 Å². The lowest BCUT2D eigenvalue weighted by Gasteiger charge is -2.21. The summed E-state index contributed by atoms with van der Waals surface area (Å²) in [6.45, 7) is 4.25. The zero-order valence-electron chi connectivity index (χ0n) is 11.5. The van der Waals surface area contributed by atoms with E-state index in [-0.39, 0.29) is 17.9 Å². The van der Waals surface area contributed by atoms with E-state index < -0.39 is 0 Å². The topological polar surface area (TPSA) is 41.1 Å². The zero-order valence-corrected chi connectivity index (χ0v) is 11.5. The number of nitrogens with one attached hydrogen (secondary N) is 2. The molecule has 1 fully saturated rings. The minimum atomic E-state index is 0.134. The predicted octanol–water partition coefficient (Wildman–Crippen LogP) is 1.52. The van der Waals surface area contributed by atoms with E-state index in [0.29, 0.717) is 5.92 Å². The summed E-state index contributed by atoms with van der Waals surface area (Å²) in [4.78, 5) is 12.3. The van der Waals surface area contributed by atoms with Gasteiger partial charge in [0.1, 0.15) is 0 Å². The number of hydrogen-bond acceptors (Lipinski definition) is 2. The molecule has 2 N–H and O–H groups in total. The van der Waals surface area contributed by atoms with Gasteiger partial charge in [0.25, 0.3) is 0 Å². The summed E-state index contributed by atoms with van der Waals surface area (Å²) < 4.78 is 0. The molecule has 1 aromatic carbocycles. The first kappa shape index (κ1) is 12.7. The SMILES string of the molecule is CC(NC(=O)C1Cc2ccccc2C1)C1CCNC1. The van der Waals surface area contributed by atoms with Crippen LogP contribution in [0.2, 0.25) is 0 Å². The average Bonchev–Trinajstić information content (AvgIpc) is 3.07. The van der Waals surface area contributed by atoms with Gasteiger partial charge in [0.15, 0.2) is 0 Å². The summed E-state index contributed by atoms with van der Waals surface area (Å²) in [6.07, 6.45) is 2.97. The van der Waals surface area contributed by atoms with Crippen molar-refractivity contribution in [2.45, 2.75) is 32.2 Å². The lowest BCUT2D eigenvalue weighted by Crippen LogP contribution is -2.42. The van der Waals surface area contributed by atoms with Gasteiger partial charge in [-0.1, -0.05) is 24.3 Å². The fourth-order valence-electron chi connectivity index (χ4n) is 3.31. The van der Waals surface area contributed by atoms with Gasteiger partial charge in [-0.15, -0.1) is 0 Å². The van der Waals surface area contributed by atoms with Crippen molar-refractivity contribution in [2.75, 3.05) is 13.1 Å². The second-order valence-electron chi connectivity index (χ2n) is 5.92. The molecule has 1 amide bonds. The molecule has 2 atom stereocenters. The lowest BCUT2D eigenvalue weighted by molar-refractivity contribution is -0.125. The van der Waals surface area contributed by atoms with E-state index >= 15 is 0 Å². The number of carbonyl (C=O) groups excluding carboxylic acids is 1. The number of rotatable bonds is 3. The summed E-state index contributed by atoms with van der Waals surface area (Å²) in [6, 6.07) is 8.70. The minimum absolute atomic E-state index is 0.134. The molecular formula is C16H22N2O. The molecule has 0 radical (unpaired) electrons. The highest BCUT2D eigenvalue weighted by Crippen LogP contribution is 2.26. The normalized spacial score (nSPS) is 24.2. The van der Waals surface area contributed by atoms with Crippen molar-refractivity contribution in [2.24, 2.45) is 11.8 Å². The van der Waals surface area contributed by atoms with Gasteiger partial charge in [0.2, 0.25) is 5.91 Å². The van der Waals surface area contributed by atoms with Crippen molar-refractivity contribution >= 4 is 5.91 Å². The molecule has 3 heteroatoms. The van der Waals surface area contributed by atoms with Crippen LogP contribution in [0.1, 0.15) is 24.5 Å². The molecule has 1 heterocycles. The van der Waals surface area contributed by atoms with E-state index in [1.54, 1.807) is 0 Å². The van der Waals surface area contributed by atoms with E-state index in [1.807, 2.05) is 0 Å². The third kappa shape index (κ3) is 2.66. The third-order valence-electron chi connectivity index (χ3n) is 4.60. The molecule has 1 saturated heterocycles. The van der Waals surface area contributed by atoms with Gasteiger partial charge in [0.05, 0.1) is 0 Å². The Kier molecular flexibility index (Phi) is 3.56. The fraction of sp³-hybridized carbons (Fsp3) is 0.562. The van der Waals surface area contributed by atoms with Crippen molar-refractivity contribution in [1.29, 1.82) is 0 Å². The van der Waals surface area contributed by atoms with Crippen LogP contribution in [0.15, 0.2) is 24.3 Å². The monoisotopic (exact) mass is 258 g/mol. The summed E-state index contributed by atoms with van der Waals surface area (Å²) in [5, 5.41) is 6.58. The standard InChI is InChI=1S/C16H22N2O/c1-11(14-6-7-17-10-14)18-16(19)15-8-12-4-2-3-5-13(12)9-15/h2-5,11,14-15,17H,6-10H2,1H3,(H,18,19).